The average Bonchev–Trinajstić information content (AvgIpc) is 2.39. The van der Waals surface area contributed by atoms with Gasteiger partial charge in [0.1, 0.15) is 0 Å². The summed E-state index contributed by atoms with van der Waals surface area (Å²) in [6.07, 6.45) is 0. The molecule has 2 aromatic carbocycles. The van der Waals surface area contributed by atoms with Crippen LogP contribution in [0, 0.1) is 20.8 Å². The second-order valence-corrected chi connectivity index (χ2v) is 5.29. The van der Waals surface area contributed by atoms with Gasteiger partial charge in [0, 0.05) is 0 Å². The maximum absolute atomic E-state index is 12.3. The molecule has 3 N–H and O–H groups in total. The molecule has 0 heterocycles. The summed E-state index contributed by atoms with van der Waals surface area (Å²) in [5, 5.41) is 3.28. The molecule has 0 atom stereocenters. The van der Waals surface area contributed by atoms with Gasteiger partial charge < -0.3 is 11.1 Å². The second kappa shape index (κ2) is 5.55. The molecule has 1 amide bonds. The van der Waals surface area contributed by atoms with Gasteiger partial charge in [0.25, 0.3) is 5.91 Å². The first-order chi connectivity index (χ1) is 9.40. The molecule has 0 aromatic heterocycles. The minimum absolute atomic E-state index is 0.256. The summed E-state index contributed by atoms with van der Waals surface area (Å²) >= 11 is 6.16. The van der Waals surface area contributed by atoms with Crippen LogP contribution in [0.1, 0.15) is 27.0 Å². The summed E-state index contributed by atoms with van der Waals surface area (Å²) < 4.78 is 0. The average molecular weight is 289 g/mol. The van der Waals surface area contributed by atoms with Crippen molar-refractivity contribution in [3.8, 4) is 0 Å². The van der Waals surface area contributed by atoms with Gasteiger partial charge in [-0.1, -0.05) is 23.7 Å². The lowest BCUT2D eigenvalue weighted by Crippen LogP contribution is -2.14. The monoisotopic (exact) mass is 288 g/mol. The molecule has 0 unspecified atom stereocenters. The van der Waals surface area contributed by atoms with Crippen LogP contribution in [0.4, 0.5) is 11.4 Å². The summed E-state index contributed by atoms with van der Waals surface area (Å²) in [6, 6.07) is 9.08. The van der Waals surface area contributed by atoms with Gasteiger partial charge in [-0.2, -0.15) is 0 Å². The normalized spacial score (nSPS) is 10.4. The maximum atomic E-state index is 12.3. The topological polar surface area (TPSA) is 55.1 Å². The molecule has 0 aliphatic rings. The Morgan fingerprint density at radius 3 is 2.45 bits per heavy atom. The molecule has 2 aromatic rings. The molecule has 0 bridgehead atoms. The van der Waals surface area contributed by atoms with E-state index in [1.54, 1.807) is 12.1 Å². The van der Waals surface area contributed by atoms with Crippen molar-refractivity contribution < 1.29 is 4.79 Å². The Morgan fingerprint density at radius 1 is 1.10 bits per heavy atom. The van der Waals surface area contributed by atoms with Crippen molar-refractivity contribution in [2.24, 2.45) is 0 Å². The lowest BCUT2D eigenvalue weighted by Gasteiger charge is -2.12. The van der Waals surface area contributed by atoms with Crippen LogP contribution >= 0.6 is 11.6 Å². The smallest absolute Gasteiger partial charge is 0.257 e. The van der Waals surface area contributed by atoms with Gasteiger partial charge >= 0.3 is 0 Å². The minimum atomic E-state index is -0.256. The number of carbonyl (C=O) groups excluding carboxylic acids is 1. The van der Waals surface area contributed by atoms with E-state index in [0.29, 0.717) is 22.0 Å². The maximum Gasteiger partial charge on any atom is 0.257 e. The van der Waals surface area contributed by atoms with E-state index in [9.17, 15) is 4.79 Å². The molecule has 2 rings (SSSR count). The molecular weight excluding hydrogens is 272 g/mol. The Bertz CT molecular complexity index is 680. The number of nitrogen functional groups attached to an aromatic ring is 1. The molecule has 3 nitrogen and oxygen atoms in total. The fourth-order valence-corrected chi connectivity index (χ4v) is 2.17. The zero-order chi connectivity index (χ0) is 14.9. The number of hydrogen-bond donors (Lipinski definition) is 2. The van der Waals surface area contributed by atoms with E-state index >= 15 is 0 Å². The highest BCUT2D eigenvalue weighted by atomic mass is 35.5. The van der Waals surface area contributed by atoms with Crippen LogP contribution in [0.5, 0.6) is 0 Å². The van der Waals surface area contributed by atoms with E-state index in [4.69, 9.17) is 17.3 Å². The Morgan fingerprint density at radius 2 is 1.75 bits per heavy atom. The molecule has 4 heteroatoms. The highest BCUT2D eigenvalue weighted by molar-refractivity contribution is 6.35. The standard InChI is InChI=1S/C16H17ClN2O/c1-9-5-4-6-12(15(9)17)16(20)19-14-8-11(3)10(2)7-13(14)18/h4-8H,18H2,1-3H3,(H,19,20). The van der Waals surface area contributed by atoms with Crippen LogP contribution in [-0.4, -0.2) is 5.91 Å². The van der Waals surface area contributed by atoms with Gasteiger partial charge in [0.05, 0.1) is 22.0 Å². The number of hydrogen-bond acceptors (Lipinski definition) is 2. The molecule has 0 fully saturated rings. The number of anilines is 2. The van der Waals surface area contributed by atoms with Gasteiger partial charge in [0.15, 0.2) is 0 Å². The lowest BCUT2D eigenvalue weighted by molar-refractivity contribution is 0.102. The zero-order valence-corrected chi connectivity index (χ0v) is 12.5. The number of nitrogens with two attached hydrogens (primary N) is 1. The molecule has 0 aliphatic heterocycles. The highest BCUT2D eigenvalue weighted by Crippen LogP contribution is 2.25. The second-order valence-electron chi connectivity index (χ2n) is 4.91. The summed E-state index contributed by atoms with van der Waals surface area (Å²) in [7, 11) is 0. The number of rotatable bonds is 2. The van der Waals surface area contributed by atoms with Gasteiger partial charge in [-0.25, -0.2) is 0 Å². The largest absolute Gasteiger partial charge is 0.397 e. The number of aryl methyl sites for hydroxylation is 3. The van der Waals surface area contributed by atoms with Gasteiger partial charge in [-0.05, 0) is 55.7 Å². The molecule has 104 valence electrons. The quantitative estimate of drug-likeness (QED) is 0.818. The van der Waals surface area contributed by atoms with E-state index in [1.807, 2.05) is 39.0 Å². The van der Waals surface area contributed by atoms with E-state index < -0.39 is 0 Å². The third-order valence-electron chi connectivity index (χ3n) is 3.35. The van der Waals surface area contributed by atoms with Crippen molar-refractivity contribution >= 4 is 28.9 Å². The Labute approximate surface area is 123 Å². The van der Waals surface area contributed by atoms with Gasteiger partial charge in [-0.15, -0.1) is 0 Å². The molecule has 0 saturated carbocycles. The van der Waals surface area contributed by atoms with Gasteiger partial charge in [0.2, 0.25) is 0 Å². The first kappa shape index (κ1) is 14.4. The Hall–Kier alpha value is -2.00. The van der Waals surface area contributed by atoms with E-state index in [0.717, 1.165) is 16.7 Å². The first-order valence-corrected chi connectivity index (χ1v) is 6.71. The third-order valence-corrected chi connectivity index (χ3v) is 3.85. The Balaban J connectivity index is 2.33. The summed E-state index contributed by atoms with van der Waals surface area (Å²) in [6.45, 7) is 5.82. The summed E-state index contributed by atoms with van der Waals surface area (Å²) in [4.78, 5) is 12.3. The fourth-order valence-electron chi connectivity index (χ4n) is 1.96. The van der Waals surface area contributed by atoms with Crippen LogP contribution in [0.15, 0.2) is 30.3 Å². The molecule has 0 radical (unpaired) electrons. The van der Waals surface area contributed by atoms with Crippen LogP contribution in [0.2, 0.25) is 5.02 Å². The summed E-state index contributed by atoms with van der Waals surface area (Å²) in [5.74, 6) is -0.256. The molecule has 0 aliphatic carbocycles. The van der Waals surface area contributed by atoms with Gasteiger partial charge in [-0.3, -0.25) is 4.79 Å². The van der Waals surface area contributed by atoms with Crippen LogP contribution < -0.4 is 11.1 Å². The van der Waals surface area contributed by atoms with E-state index in [2.05, 4.69) is 5.32 Å². The molecule has 20 heavy (non-hydrogen) atoms. The first-order valence-electron chi connectivity index (χ1n) is 6.33. The SMILES string of the molecule is Cc1cc(N)c(NC(=O)c2cccc(C)c2Cl)cc1C. The van der Waals surface area contributed by atoms with Crippen molar-refractivity contribution in [2.75, 3.05) is 11.1 Å². The minimum Gasteiger partial charge on any atom is -0.397 e. The van der Waals surface area contributed by atoms with Crippen LogP contribution in [0.25, 0.3) is 0 Å². The van der Waals surface area contributed by atoms with E-state index in [1.165, 1.54) is 0 Å². The fraction of sp³-hybridized carbons (Fsp3) is 0.188. The van der Waals surface area contributed by atoms with Crippen molar-refractivity contribution in [3.63, 3.8) is 0 Å². The van der Waals surface area contributed by atoms with Crippen molar-refractivity contribution in [1.29, 1.82) is 0 Å². The number of amides is 1. The molecular formula is C16H17ClN2O. The van der Waals surface area contributed by atoms with Crippen molar-refractivity contribution in [3.05, 3.63) is 57.6 Å². The highest BCUT2D eigenvalue weighted by Gasteiger charge is 2.13. The summed E-state index contributed by atoms with van der Waals surface area (Å²) in [5.41, 5.74) is 10.6. The number of nitrogens with one attached hydrogen (secondary N) is 1. The predicted molar refractivity (Wildman–Crippen MR) is 84.5 cm³/mol. The number of carbonyl (C=O) groups is 1. The van der Waals surface area contributed by atoms with Crippen LogP contribution in [0.3, 0.4) is 0 Å². The van der Waals surface area contributed by atoms with Crippen molar-refractivity contribution in [2.45, 2.75) is 20.8 Å². The Kier molecular flexibility index (Phi) is 4.00. The van der Waals surface area contributed by atoms with E-state index in [-0.39, 0.29) is 5.91 Å². The molecule has 0 spiro atoms. The number of benzene rings is 2. The van der Waals surface area contributed by atoms with Crippen LogP contribution in [-0.2, 0) is 0 Å². The van der Waals surface area contributed by atoms with Crippen molar-refractivity contribution in [1.82, 2.24) is 0 Å². The lowest BCUT2D eigenvalue weighted by atomic mass is 10.1. The number of halogens is 1. The predicted octanol–water partition coefficient (Wildman–Crippen LogP) is 4.10. The third kappa shape index (κ3) is 2.78. The molecule has 0 saturated heterocycles. The zero-order valence-electron chi connectivity index (χ0n) is 11.8.